The molecule has 0 spiro atoms. The molecule has 0 aromatic rings. The standard InChI is InChI=1S/C18H29N3O2/c1-18(13-19,14-8-9-14)20-17(22)12-21(15-5-2-3-6-15)11-16-7-4-10-23-16/h14-16H,2-12H2,1H3,(H,20,22)/t16-,18-/m1/s1. The fourth-order valence-electron chi connectivity index (χ4n) is 4.06. The van der Waals surface area contributed by atoms with Crippen molar-refractivity contribution in [2.45, 2.75) is 76.0 Å². The molecule has 0 aromatic heterocycles. The van der Waals surface area contributed by atoms with Crippen molar-refractivity contribution in [3.63, 3.8) is 0 Å². The summed E-state index contributed by atoms with van der Waals surface area (Å²) in [4.78, 5) is 14.9. The topological polar surface area (TPSA) is 65.4 Å². The van der Waals surface area contributed by atoms with Crippen LogP contribution in [-0.2, 0) is 9.53 Å². The van der Waals surface area contributed by atoms with Crippen molar-refractivity contribution in [1.29, 1.82) is 5.26 Å². The van der Waals surface area contributed by atoms with E-state index in [4.69, 9.17) is 4.74 Å². The van der Waals surface area contributed by atoms with Crippen molar-refractivity contribution in [2.24, 2.45) is 5.92 Å². The first-order chi connectivity index (χ1) is 11.1. The highest BCUT2D eigenvalue weighted by molar-refractivity contribution is 5.79. The molecular weight excluding hydrogens is 290 g/mol. The molecule has 0 radical (unpaired) electrons. The molecule has 23 heavy (non-hydrogen) atoms. The van der Waals surface area contributed by atoms with E-state index < -0.39 is 5.54 Å². The fourth-order valence-corrected chi connectivity index (χ4v) is 4.06. The van der Waals surface area contributed by atoms with E-state index in [9.17, 15) is 10.1 Å². The van der Waals surface area contributed by atoms with Crippen LogP contribution in [0, 0.1) is 17.2 Å². The van der Waals surface area contributed by atoms with Gasteiger partial charge in [-0.1, -0.05) is 12.8 Å². The van der Waals surface area contributed by atoms with Gasteiger partial charge >= 0.3 is 0 Å². The number of nitrogens with one attached hydrogen (secondary N) is 1. The first-order valence-corrected chi connectivity index (χ1v) is 9.18. The first-order valence-electron chi connectivity index (χ1n) is 9.18. The normalized spacial score (nSPS) is 27.8. The Kier molecular flexibility index (Phi) is 5.23. The Balaban J connectivity index is 1.57. The average Bonchev–Trinajstić information content (AvgIpc) is 3.03. The maximum Gasteiger partial charge on any atom is 0.235 e. The largest absolute Gasteiger partial charge is 0.377 e. The second kappa shape index (κ2) is 7.19. The summed E-state index contributed by atoms with van der Waals surface area (Å²) in [5.74, 6) is 0.320. The molecule has 0 aromatic carbocycles. The smallest absolute Gasteiger partial charge is 0.235 e. The van der Waals surface area contributed by atoms with E-state index in [0.29, 0.717) is 18.5 Å². The van der Waals surface area contributed by atoms with Gasteiger partial charge in [0.1, 0.15) is 5.54 Å². The predicted octanol–water partition coefficient (Wildman–Crippen LogP) is 2.22. The second-order valence-electron chi connectivity index (χ2n) is 7.64. The Morgan fingerprint density at radius 3 is 2.57 bits per heavy atom. The van der Waals surface area contributed by atoms with Crippen LogP contribution < -0.4 is 5.32 Å². The van der Waals surface area contributed by atoms with Crippen LogP contribution in [-0.4, -0.2) is 48.2 Å². The molecule has 1 N–H and O–H groups in total. The number of hydrogen-bond acceptors (Lipinski definition) is 4. The summed E-state index contributed by atoms with van der Waals surface area (Å²) in [6, 6.07) is 2.81. The molecule has 0 unspecified atom stereocenters. The molecule has 128 valence electrons. The summed E-state index contributed by atoms with van der Waals surface area (Å²) in [6.45, 7) is 3.96. The lowest BCUT2D eigenvalue weighted by molar-refractivity contribution is -0.124. The molecule has 2 saturated carbocycles. The van der Waals surface area contributed by atoms with Crippen LogP contribution in [0.1, 0.15) is 58.3 Å². The molecule has 3 rings (SSSR count). The summed E-state index contributed by atoms with van der Waals surface area (Å²) in [7, 11) is 0. The van der Waals surface area contributed by atoms with Crippen molar-refractivity contribution < 1.29 is 9.53 Å². The van der Waals surface area contributed by atoms with Gasteiger partial charge in [0.15, 0.2) is 0 Å². The zero-order chi connectivity index (χ0) is 16.3. The van der Waals surface area contributed by atoms with Gasteiger partial charge in [0.25, 0.3) is 0 Å². The van der Waals surface area contributed by atoms with E-state index in [2.05, 4.69) is 16.3 Å². The highest BCUT2D eigenvalue weighted by atomic mass is 16.5. The van der Waals surface area contributed by atoms with Crippen LogP contribution in [0.3, 0.4) is 0 Å². The number of carbonyl (C=O) groups is 1. The molecule has 2 aliphatic carbocycles. The molecule has 5 heteroatoms. The van der Waals surface area contributed by atoms with Gasteiger partial charge in [0.05, 0.1) is 18.7 Å². The van der Waals surface area contributed by atoms with E-state index in [-0.39, 0.29) is 12.0 Å². The predicted molar refractivity (Wildman–Crippen MR) is 87.7 cm³/mol. The molecule has 5 nitrogen and oxygen atoms in total. The van der Waals surface area contributed by atoms with Crippen molar-refractivity contribution in [2.75, 3.05) is 19.7 Å². The van der Waals surface area contributed by atoms with Crippen LogP contribution in [0.15, 0.2) is 0 Å². The number of carbonyl (C=O) groups excluding carboxylic acids is 1. The summed E-state index contributed by atoms with van der Waals surface area (Å²) in [6.07, 6.45) is 9.47. The molecule has 3 fully saturated rings. The molecule has 2 atom stereocenters. The Labute approximate surface area is 139 Å². The number of nitrogens with zero attached hydrogens (tertiary/aromatic N) is 2. The zero-order valence-electron chi connectivity index (χ0n) is 14.2. The second-order valence-corrected chi connectivity index (χ2v) is 7.64. The molecule has 3 aliphatic rings. The van der Waals surface area contributed by atoms with Gasteiger partial charge in [-0.15, -0.1) is 0 Å². The van der Waals surface area contributed by atoms with E-state index in [1.807, 2.05) is 6.92 Å². The third-order valence-electron chi connectivity index (χ3n) is 5.68. The van der Waals surface area contributed by atoms with E-state index in [1.165, 1.54) is 25.7 Å². The molecule has 1 aliphatic heterocycles. The number of rotatable bonds is 7. The number of nitriles is 1. The highest BCUT2D eigenvalue weighted by Crippen LogP contribution is 2.39. The summed E-state index contributed by atoms with van der Waals surface area (Å²) < 4.78 is 5.77. The van der Waals surface area contributed by atoms with Crippen LogP contribution in [0.5, 0.6) is 0 Å². The first kappa shape index (κ1) is 16.7. The maximum atomic E-state index is 12.5. The van der Waals surface area contributed by atoms with Gasteiger partial charge in [-0.3, -0.25) is 9.69 Å². The number of ether oxygens (including phenoxy) is 1. The van der Waals surface area contributed by atoms with Crippen LogP contribution >= 0.6 is 0 Å². The molecule has 0 bridgehead atoms. The Hall–Kier alpha value is -1.12. The monoisotopic (exact) mass is 319 g/mol. The third-order valence-corrected chi connectivity index (χ3v) is 5.68. The van der Waals surface area contributed by atoms with Gasteiger partial charge in [-0.2, -0.15) is 5.26 Å². The van der Waals surface area contributed by atoms with Crippen LogP contribution in [0.4, 0.5) is 0 Å². The van der Waals surface area contributed by atoms with E-state index in [1.54, 1.807) is 0 Å². The van der Waals surface area contributed by atoms with Gasteiger partial charge in [0.2, 0.25) is 5.91 Å². The van der Waals surface area contributed by atoms with Crippen molar-refractivity contribution in [3.8, 4) is 6.07 Å². The summed E-state index contributed by atoms with van der Waals surface area (Å²) >= 11 is 0. The molecule has 1 heterocycles. The lowest BCUT2D eigenvalue weighted by Crippen LogP contribution is -2.52. The number of amides is 1. The minimum Gasteiger partial charge on any atom is -0.377 e. The Morgan fingerprint density at radius 2 is 2.00 bits per heavy atom. The van der Waals surface area contributed by atoms with E-state index >= 15 is 0 Å². The van der Waals surface area contributed by atoms with Gasteiger partial charge < -0.3 is 10.1 Å². The lowest BCUT2D eigenvalue weighted by atomic mass is 9.98. The minimum absolute atomic E-state index is 0.00848. The molecule has 1 saturated heterocycles. The summed E-state index contributed by atoms with van der Waals surface area (Å²) in [5.41, 5.74) is -0.692. The Bertz CT molecular complexity index is 459. The van der Waals surface area contributed by atoms with Gasteiger partial charge in [-0.25, -0.2) is 0 Å². The van der Waals surface area contributed by atoms with E-state index in [0.717, 1.165) is 38.8 Å². The zero-order valence-corrected chi connectivity index (χ0v) is 14.2. The molecule has 1 amide bonds. The van der Waals surface area contributed by atoms with Crippen molar-refractivity contribution >= 4 is 5.91 Å². The van der Waals surface area contributed by atoms with Crippen LogP contribution in [0.2, 0.25) is 0 Å². The quantitative estimate of drug-likeness (QED) is 0.781. The highest BCUT2D eigenvalue weighted by Gasteiger charge is 2.43. The van der Waals surface area contributed by atoms with Gasteiger partial charge in [0, 0.05) is 19.2 Å². The SMILES string of the molecule is C[C@](C#N)(NC(=O)CN(C[C@H]1CCCO1)C1CCCC1)C1CC1. The summed E-state index contributed by atoms with van der Waals surface area (Å²) in [5, 5.41) is 12.4. The third kappa shape index (κ3) is 4.24. The lowest BCUT2D eigenvalue weighted by Gasteiger charge is -2.32. The van der Waals surface area contributed by atoms with Crippen molar-refractivity contribution in [3.05, 3.63) is 0 Å². The minimum atomic E-state index is -0.692. The molecular formula is C18H29N3O2. The Morgan fingerprint density at radius 1 is 1.26 bits per heavy atom. The van der Waals surface area contributed by atoms with Crippen LogP contribution in [0.25, 0.3) is 0 Å². The average molecular weight is 319 g/mol. The van der Waals surface area contributed by atoms with Crippen molar-refractivity contribution in [1.82, 2.24) is 10.2 Å². The number of hydrogen-bond donors (Lipinski definition) is 1. The fraction of sp³-hybridized carbons (Fsp3) is 0.889. The maximum absolute atomic E-state index is 12.5. The van der Waals surface area contributed by atoms with Gasteiger partial charge in [-0.05, 0) is 51.4 Å².